The van der Waals surface area contributed by atoms with E-state index in [1.165, 1.54) is 0 Å². The van der Waals surface area contributed by atoms with Crippen LogP contribution in [0, 0.1) is 11.8 Å². The smallest absolute Gasteiger partial charge is 0.321 e. The van der Waals surface area contributed by atoms with Gasteiger partial charge in [-0.15, -0.1) is 0 Å². The van der Waals surface area contributed by atoms with Crippen molar-refractivity contribution in [1.82, 2.24) is 4.98 Å². The highest BCUT2D eigenvalue weighted by Crippen LogP contribution is 2.38. The number of rotatable bonds is 9. The molecule has 0 radical (unpaired) electrons. The Hall–Kier alpha value is -3.86. The second-order valence-electron chi connectivity index (χ2n) is 8.72. The number of H-pyrrole nitrogens is 1. The number of esters is 2. The third kappa shape index (κ3) is 5.37. The standard InChI is InChI=1S/C29H29NO4/c1-20(2)26(24-17-30-25-16-10-9-15-23(24)25)27(28(31)33-18-21-11-5-3-6-12-21)29(32)34-19-22-13-7-4-8-14-22/h3-17,20,26-27,30H,18-19H2,1-2H3. The number of carbonyl (C=O) groups excluding carboxylic acids is 2. The first kappa shape index (κ1) is 23.3. The van der Waals surface area contributed by atoms with Gasteiger partial charge in [0.05, 0.1) is 0 Å². The second-order valence-corrected chi connectivity index (χ2v) is 8.72. The molecule has 0 amide bonds. The third-order valence-corrected chi connectivity index (χ3v) is 6.01. The molecular formula is C29H29NO4. The van der Waals surface area contributed by atoms with Crippen molar-refractivity contribution in [1.29, 1.82) is 0 Å². The van der Waals surface area contributed by atoms with Crippen molar-refractivity contribution in [3.8, 4) is 0 Å². The van der Waals surface area contributed by atoms with Crippen molar-refractivity contribution in [3.63, 3.8) is 0 Å². The van der Waals surface area contributed by atoms with E-state index < -0.39 is 23.8 Å². The number of ether oxygens (including phenoxy) is 2. The maximum Gasteiger partial charge on any atom is 0.321 e. The number of para-hydroxylation sites is 1. The number of benzene rings is 3. The maximum absolute atomic E-state index is 13.4. The minimum Gasteiger partial charge on any atom is -0.460 e. The predicted molar refractivity (Wildman–Crippen MR) is 132 cm³/mol. The summed E-state index contributed by atoms with van der Waals surface area (Å²) in [5.74, 6) is -2.68. The number of hydrogen-bond donors (Lipinski definition) is 1. The monoisotopic (exact) mass is 455 g/mol. The van der Waals surface area contributed by atoms with Gasteiger partial charge in [0.1, 0.15) is 13.2 Å². The van der Waals surface area contributed by atoms with Crippen LogP contribution >= 0.6 is 0 Å². The van der Waals surface area contributed by atoms with E-state index in [1.807, 2.05) is 105 Å². The van der Waals surface area contributed by atoms with Gasteiger partial charge >= 0.3 is 11.9 Å². The van der Waals surface area contributed by atoms with Gasteiger partial charge in [-0.05, 0) is 28.7 Å². The molecule has 5 heteroatoms. The van der Waals surface area contributed by atoms with Crippen LogP contribution in [0.15, 0.2) is 91.1 Å². The summed E-state index contributed by atoms with van der Waals surface area (Å²) < 4.78 is 11.3. The van der Waals surface area contributed by atoms with Crippen molar-refractivity contribution < 1.29 is 19.1 Å². The Morgan fingerprint density at radius 1 is 0.735 bits per heavy atom. The molecule has 0 saturated heterocycles. The predicted octanol–water partition coefficient (Wildman–Crippen LogP) is 6.01. The van der Waals surface area contributed by atoms with Crippen molar-refractivity contribution >= 4 is 22.8 Å². The van der Waals surface area contributed by atoms with Crippen molar-refractivity contribution in [2.24, 2.45) is 11.8 Å². The molecule has 1 heterocycles. The summed E-state index contributed by atoms with van der Waals surface area (Å²) in [6.07, 6.45) is 1.89. The van der Waals surface area contributed by atoms with Crippen molar-refractivity contribution in [3.05, 3.63) is 108 Å². The molecule has 1 N–H and O–H groups in total. The molecule has 4 aromatic rings. The molecule has 0 aliphatic heterocycles. The molecule has 1 atom stereocenters. The largest absolute Gasteiger partial charge is 0.460 e. The molecule has 0 bridgehead atoms. The van der Waals surface area contributed by atoms with Crippen LogP contribution in [0.1, 0.15) is 36.5 Å². The molecule has 4 rings (SSSR count). The highest BCUT2D eigenvalue weighted by Gasteiger charge is 2.41. The second kappa shape index (κ2) is 10.8. The Balaban J connectivity index is 1.64. The minimum absolute atomic E-state index is 0.0160. The number of nitrogens with one attached hydrogen (secondary N) is 1. The Bertz CT molecular complexity index is 1180. The van der Waals surface area contributed by atoms with Crippen molar-refractivity contribution in [2.45, 2.75) is 33.0 Å². The molecule has 3 aromatic carbocycles. The van der Waals surface area contributed by atoms with Gasteiger partial charge < -0.3 is 14.5 Å². The summed E-state index contributed by atoms with van der Waals surface area (Å²) in [5.41, 5.74) is 3.59. The van der Waals surface area contributed by atoms with Crippen LogP contribution in [0.3, 0.4) is 0 Å². The van der Waals surface area contributed by atoms with Gasteiger partial charge in [0.25, 0.3) is 0 Å². The molecular weight excluding hydrogens is 426 g/mol. The lowest BCUT2D eigenvalue weighted by Crippen LogP contribution is -2.35. The van der Waals surface area contributed by atoms with Crippen molar-refractivity contribution in [2.75, 3.05) is 0 Å². The van der Waals surface area contributed by atoms with Gasteiger partial charge in [-0.1, -0.05) is 92.7 Å². The maximum atomic E-state index is 13.4. The average Bonchev–Trinajstić information content (AvgIpc) is 3.29. The van der Waals surface area contributed by atoms with Gasteiger partial charge in [-0.2, -0.15) is 0 Å². The highest BCUT2D eigenvalue weighted by atomic mass is 16.6. The summed E-state index contributed by atoms with van der Waals surface area (Å²) in [7, 11) is 0. The number of fused-ring (bicyclic) bond motifs is 1. The first-order valence-corrected chi connectivity index (χ1v) is 11.5. The molecule has 1 aromatic heterocycles. The molecule has 1 unspecified atom stereocenters. The molecule has 34 heavy (non-hydrogen) atoms. The zero-order chi connectivity index (χ0) is 23.9. The number of carbonyl (C=O) groups is 2. The fourth-order valence-electron chi connectivity index (χ4n) is 4.32. The van der Waals surface area contributed by atoms with E-state index in [-0.39, 0.29) is 19.1 Å². The van der Waals surface area contributed by atoms with E-state index in [4.69, 9.17) is 9.47 Å². The lowest BCUT2D eigenvalue weighted by atomic mass is 9.78. The topological polar surface area (TPSA) is 68.4 Å². The zero-order valence-corrected chi connectivity index (χ0v) is 19.4. The first-order chi connectivity index (χ1) is 16.5. The van der Waals surface area contributed by atoms with Crippen LogP contribution in [-0.4, -0.2) is 16.9 Å². The lowest BCUT2D eigenvalue weighted by Gasteiger charge is -2.27. The zero-order valence-electron chi connectivity index (χ0n) is 19.4. The molecule has 0 saturated carbocycles. The van der Waals surface area contributed by atoms with E-state index >= 15 is 0 Å². The summed E-state index contributed by atoms with van der Waals surface area (Å²) in [4.78, 5) is 30.1. The molecule has 5 nitrogen and oxygen atoms in total. The Labute approximate surface area is 199 Å². The molecule has 0 fully saturated rings. The SMILES string of the molecule is CC(C)C(c1c[nH]c2ccccc12)C(C(=O)OCc1ccccc1)C(=O)OCc1ccccc1. The third-order valence-electron chi connectivity index (χ3n) is 6.01. The minimum atomic E-state index is -1.09. The van der Waals surface area contributed by atoms with Crippen LogP contribution in [0.2, 0.25) is 0 Å². The summed E-state index contributed by atoms with van der Waals surface area (Å²) in [5, 5.41) is 0.984. The molecule has 0 aliphatic rings. The molecule has 0 spiro atoms. The highest BCUT2D eigenvalue weighted by molar-refractivity contribution is 5.97. The van der Waals surface area contributed by atoms with Gasteiger partial charge in [0.2, 0.25) is 0 Å². The Morgan fingerprint density at radius 2 is 1.24 bits per heavy atom. The van der Waals surface area contributed by atoms with Crippen LogP contribution < -0.4 is 0 Å². The first-order valence-electron chi connectivity index (χ1n) is 11.5. The van der Waals surface area contributed by atoms with Crippen LogP contribution in [0.4, 0.5) is 0 Å². The average molecular weight is 456 g/mol. The van der Waals surface area contributed by atoms with Gasteiger partial charge in [-0.25, -0.2) is 0 Å². The number of hydrogen-bond acceptors (Lipinski definition) is 4. The van der Waals surface area contributed by atoms with E-state index in [9.17, 15) is 9.59 Å². The van der Waals surface area contributed by atoms with Gasteiger partial charge in [0, 0.05) is 23.0 Å². The van der Waals surface area contributed by atoms with Crippen LogP contribution in [0.25, 0.3) is 10.9 Å². The number of aromatic amines is 1. The van der Waals surface area contributed by atoms with E-state index in [0.717, 1.165) is 27.6 Å². The Kier molecular flexibility index (Phi) is 7.43. The fourth-order valence-corrected chi connectivity index (χ4v) is 4.32. The summed E-state index contributed by atoms with van der Waals surface area (Å²) in [6.45, 7) is 4.21. The summed E-state index contributed by atoms with van der Waals surface area (Å²) in [6, 6.07) is 26.8. The van der Waals surface area contributed by atoms with Crippen LogP contribution in [0.5, 0.6) is 0 Å². The van der Waals surface area contributed by atoms with Crippen LogP contribution in [-0.2, 0) is 32.3 Å². The van der Waals surface area contributed by atoms with E-state index in [0.29, 0.717) is 0 Å². The van der Waals surface area contributed by atoms with E-state index in [2.05, 4.69) is 4.98 Å². The quantitative estimate of drug-likeness (QED) is 0.248. The molecule has 0 aliphatic carbocycles. The number of aromatic nitrogens is 1. The van der Waals surface area contributed by atoms with E-state index in [1.54, 1.807) is 0 Å². The normalized spacial score (nSPS) is 12.1. The van der Waals surface area contributed by atoms with Gasteiger partial charge in [-0.3, -0.25) is 9.59 Å². The molecule has 174 valence electrons. The lowest BCUT2D eigenvalue weighted by molar-refractivity contribution is -0.165. The Morgan fingerprint density at radius 3 is 1.76 bits per heavy atom. The van der Waals surface area contributed by atoms with Gasteiger partial charge in [0.15, 0.2) is 5.92 Å². The fraction of sp³-hybridized carbons (Fsp3) is 0.241. The summed E-state index contributed by atoms with van der Waals surface area (Å²) >= 11 is 0.